The summed E-state index contributed by atoms with van der Waals surface area (Å²) in [6, 6.07) is 6.73. The van der Waals surface area contributed by atoms with E-state index in [0.717, 1.165) is 14.9 Å². The second kappa shape index (κ2) is 10.3. The molecule has 3 nitrogen and oxygen atoms in total. The van der Waals surface area contributed by atoms with Crippen LogP contribution in [0.5, 0.6) is 0 Å². The van der Waals surface area contributed by atoms with Gasteiger partial charge in [-0.1, -0.05) is 10.6 Å². The van der Waals surface area contributed by atoms with E-state index in [1.165, 1.54) is 17.8 Å². The summed E-state index contributed by atoms with van der Waals surface area (Å²) in [6.07, 6.45) is 5.87. The summed E-state index contributed by atoms with van der Waals surface area (Å²) < 4.78 is 5.21. The number of carbonyl (C=O) groups is 1. The SMILES string of the molecule is C=CC(=N)[C-]=Cc1[c-]ccc(SC(C)(C)C(=O)OCC)c1Br.[Nb+2]. The van der Waals surface area contributed by atoms with E-state index < -0.39 is 4.75 Å². The molecule has 1 rings (SSSR count). The standard InChI is InChI=1S/C17H18BrNO2S.Nb/c1-5-13(19)11-10-12-8-7-9-14(15(12)18)22-17(3,4)16(20)21-6-2;/h5,7,9-10,19H,1,6H2,2-4H3;/q-2;+2. The van der Waals surface area contributed by atoms with E-state index in [1.807, 2.05) is 19.9 Å². The van der Waals surface area contributed by atoms with Gasteiger partial charge in [0.2, 0.25) is 0 Å². The normalized spacial score (nSPS) is 11.0. The van der Waals surface area contributed by atoms with Gasteiger partial charge in [-0.2, -0.15) is 12.6 Å². The van der Waals surface area contributed by atoms with Gasteiger partial charge >= 0.3 is 28.3 Å². The number of thioether (sulfide) groups is 1. The third kappa shape index (κ3) is 6.81. The second-order valence-electron chi connectivity index (χ2n) is 4.81. The molecule has 0 aromatic heterocycles. The van der Waals surface area contributed by atoms with Crippen LogP contribution < -0.4 is 0 Å². The average Bonchev–Trinajstić information content (AvgIpc) is 2.47. The maximum atomic E-state index is 12.0. The Hall–Kier alpha value is -0.590. The van der Waals surface area contributed by atoms with E-state index in [4.69, 9.17) is 10.1 Å². The van der Waals surface area contributed by atoms with Gasteiger partial charge in [-0.25, -0.2) is 23.8 Å². The first-order valence-corrected chi connectivity index (χ1v) is 8.30. The molecule has 0 saturated carbocycles. The first kappa shape index (κ1) is 22.4. The molecular formula is C17H18BrNNbO2S. The predicted octanol–water partition coefficient (Wildman–Crippen LogP) is 4.70. The molecule has 0 aliphatic carbocycles. The number of allylic oxidation sites excluding steroid dienone is 2. The molecule has 23 heavy (non-hydrogen) atoms. The van der Waals surface area contributed by atoms with E-state index in [0.29, 0.717) is 6.61 Å². The van der Waals surface area contributed by atoms with Gasteiger partial charge in [-0.05, 0) is 20.8 Å². The summed E-state index contributed by atoms with van der Waals surface area (Å²) in [5.41, 5.74) is 0.960. The molecule has 1 aromatic carbocycles. The van der Waals surface area contributed by atoms with Crippen LogP contribution in [0.2, 0.25) is 0 Å². The second-order valence-corrected chi connectivity index (χ2v) is 7.27. The number of hydrogen-bond acceptors (Lipinski definition) is 4. The zero-order chi connectivity index (χ0) is 16.8. The fourth-order valence-electron chi connectivity index (χ4n) is 1.49. The van der Waals surface area contributed by atoms with Gasteiger partial charge in [0, 0.05) is 0 Å². The van der Waals surface area contributed by atoms with E-state index in [9.17, 15) is 4.79 Å². The smallest absolute Gasteiger partial charge is 0.465 e. The van der Waals surface area contributed by atoms with Crippen LogP contribution in [0.25, 0.3) is 6.08 Å². The molecule has 0 atom stereocenters. The minimum Gasteiger partial charge on any atom is -0.465 e. The Morgan fingerprint density at radius 1 is 1.61 bits per heavy atom. The molecule has 1 aromatic rings. The largest absolute Gasteiger partial charge is 2.00 e. The zero-order valence-corrected chi connectivity index (χ0v) is 17.9. The number of ether oxygens (including phenoxy) is 1. The average molecular weight is 473 g/mol. The molecule has 0 spiro atoms. The summed E-state index contributed by atoms with van der Waals surface area (Å²) in [4.78, 5) is 12.9. The van der Waals surface area contributed by atoms with Crippen LogP contribution in [0.4, 0.5) is 0 Å². The fraction of sp³-hybridized carbons (Fsp3) is 0.294. The van der Waals surface area contributed by atoms with Crippen molar-refractivity contribution < 1.29 is 31.9 Å². The molecule has 0 bridgehead atoms. The van der Waals surface area contributed by atoms with Crippen molar-refractivity contribution in [2.24, 2.45) is 0 Å². The minimum absolute atomic E-state index is 0. The van der Waals surface area contributed by atoms with Gasteiger partial charge in [0.25, 0.3) is 0 Å². The molecule has 6 heteroatoms. The molecule has 0 aliphatic heterocycles. The molecule has 0 aliphatic rings. The predicted molar refractivity (Wildman–Crippen MR) is 95.2 cm³/mol. The van der Waals surface area contributed by atoms with Crippen LogP contribution in [0.15, 0.2) is 34.2 Å². The molecule has 0 heterocycles. The molecule has 0 saturated heterocycles. The van der Waals surface area contributed by atoms with Gasteiger partial charge in [-0.15, -0.1) is 44.3 Å². The van der Waals surface area contributed by atoms with Crippen molar-refractivity contribution in [1.82, 2.24) is 0 Å². The summed E-state index contributed by atoms with van der Waals surface area (Å²) in [5, 5.41) is 7.50. The molecule has 1 radical (unpaired) electrons. The Bertz CT molecular complexity index is 615. The summed E-state index contributed by atoms with van der Waals surface area (Å²) in [7, 11) is 0. The van der Waals surface area contributed by atoms with E-state index in [2.05, 4.69) is 34.7 Å². The quantitative estimate of drug-likeness (QED) is 0.205. The summed E-state index contributed by atoms with van der Waals surface area (Å²) >= 11 is 4.93. The minimum atomic E-state index is -0.696. The third-order valence-electron chi connectivity index (χ3n) is 2.63. The third-order valence-corrected chi connectivity index (χ3v) is 4.99. The van der Waals surface area contributed by atoms with Gasteiger partial charge < -0.3 is 10.1 Å². The van der Waals surface area contributed by atoms with Gasteiger partial charge in [0.05, 0.1) is 6.61 Å². The topological polar surface area (TPSA) is 50.2 Å². The first-order chi connectivity index (χ1) is 10.3. The van der Waals surface area contributed by atoms with Crippen LogP contribution >= 0.6 is 27.7 Å². The summed E-state index contributed by atoms with van der Waals surface area (Å²) in [5.74, 6) is -0.253. The van der Waals surface area contributed by atoms with Crippen molar-refractivity contribution >= 4 is 45.4 Å². The van der Waals surface area contributed by atoms with Crippen LogP contribution in [-0.4, -0.2) is 23.0 Å². The molecular weight excluding hydrogens is 455 g/mol. The maximum absolute atomic E-state index is 12.0. The Kier molecular flexibility index (Phi) is 10.0. The van der Waals surface area contributed by atoms with Crippen molar-refractivity contribution in [2.45, 2.75) is 30.4 Å². The van der Waals surface area contributed by atoms with Gasteiger partial charge in [0.1, 0.15) is 4.75 Å². The number of benzene rings is 1. The van der Waals surface area contributed by atoms with Crippen molar-refractivity contribution in [1.29, 1.82) is 5.41 Å². The Morgan fingerprint density at radius 2 is 2.26 bits per heavy atom. The molecule has 0 amide bonds. The number of esters is 1. The van der Waals surface area contributed by atoms with Crippen LogP contribution in [-0.2, 0) is 31.9 Å². The number of rotatable bonds is 7. The van der Waals surface area contributed by atoms with E-state index in [1.54, 1.807) is 19.1 Å². The Morgan fingerprint density at radius 3 is 2.83 bits per heavy atom. The maximum Gasteiger partial charge on any atom is 2.00 e. The van der Waals surface area contributed by atoms with Crippen LogP contribution in [0, 0.1) is 17.6 Å². The van der Waals surface area contributed by atoms with Crippen molar-refractivity contribution in [3.63, 3.8) is 0 Å². The number of nitrogens with one attached hydrogen (secondary N) is 1. The molecule has 1 N–H and O–H groups in total. The van der Waals surface area contributed by atoms with Crippen LogP contribution in [0.3, 0.4) is 0 Å². The number of halogens is 1. The Labute approximate surface area is 166 Å². The van der Waals surface area contributed by atoms with E-state index in [-0.39, 0.29) is 34.1 Å². The zero-order valence-electron chi connectivity index (χ0n) is 13.3. The number of carbonyl (C=O) groups excluding carboxylic acids is 1. The van der Waals surface area contributed by atoms with Crippen molar-refractivity contribution in [3.8, 4) is 0 Å². The van der Waals surface area contributed by atoms with Gasteiger partial charge in [-0.3, -0.25) is 4.79 Å². The van der Waals surface area contributed by atoms with Gasteiger partial charge in [0.15, 0.2) is 0 Å². The Balaban J connectivity index is 0.00000484. The van der Waals surface area contributed by atoms with Crippen LogP contribution in [0.1, 0.15) is 26.3 Å². The first-order valence-electron chi connectivity index (χ1n) is 6.69. The monoisotopic (exact) mass is 472 g/mol. The van der Waals surface area contributed by atoms with Crippen molar-refractivity contribution in [2.75, 3.05) is 6.61 Å². The summed E-state index contributed by atoms with van der Waals surface area (Å²) in [6.45, 7) is 9.32. The molecule has 121 valence electrons. The molecule has 0 fully saturated rings. The molecule has 0 unspecified atom stereocenters. The number of hydrogen-bond donors (Lipinski definition) is 1. The van der Waals surface area contributed by atoms with Crippen molar-refractivity contribution in [3.05, 3.63) is 47.0 Å². The van der Waals surface area contributed by atoms with E-state index >= 15 is 0 Å². The fourth-order valence-corrected chi connectivity index (χ4v) is 3.12.